The lowest BCUT2D eigenvalue weighted by atomic mass is 10.1. The highest BCUT2D eigenvalue weighted by atomic mass is 16.1. The summed E-state index contributed by atoms with van der Waals surface area (Å²) in [7, 11) is 0. The second kappa shape index (κ2) is 5.77. The van der Waals surface area contributed by atoms with Crippen LogP contribution in [0.15, 0.2) is 18.3 Å². The van der Waals surface area contributed by atoms with Gasteiger partial charge in [-0.05, 0) is 31.0 Å². The first kappa shape index (κ1) is 12.0. The molecule has 1 unspecified atom stereocenters. The molecule has 0 spiro atoms. The number of aromatic nitrogens is 1. The highest BCUT2D eigenvalue weighted by molar-refractivity contribution is 5.79. The Morgan fingerprint density at radius 1 is 1.65 bits per heavy atom. The Labute approximate surface area is 102 Å². The van der Waals surface area contributed by atoms with E-state index >= 15 is 0 Å². The molecule has 1 saturated heterocycles. The number of carbonyl (C=O) groups excluding carboxylic acids is 1. The Morgan fingerprint density at radius 3 is 3.24 bits per heavy atom. The monoisotopic (exact) mass is 233 g/mol. The molecule has 4 heteroatoms. The van der Waals surface area contributed by atoms with Crippen molar-refractivity contribution in [3.05, 3.63) is 29.6 Å². The van der Waals surface area contributed by atoms with Crippen molar-refractivity contribution < 1.29 is 4.79 Å². The largest absolute Gasteiger partial charge is 0.350 e. The van der Waals surface area contributed by atoms with Crippen LogP contribution < -0.4 is 10.6 Å². The smallest absolute Gasteiger partial charge is 0.224 e. The van der Waals surface area contributed by atoms with Crippen LogP contribution in [0.5, 0.6) is 0 Å². The number of carbonyl (C=O) groups is 1. The average Bonchev–Trinajstić information content (AvgIpc) is 2.90. The predicted molar refractivity (Wildman–Crippen MR) is 66.4 cm³/mol. The van der Waals surface area contributed by atoms with Gasteiger partial charge in [0.25, 0.3) is 0 Å². The third-order valence-electron chi connectivity index (χ3n) is 3.23. The molecule has 1 aromatic heterocycles. The molecule has 2 N–H and O–H groups in total. The van der Waals surface area contributed by atoms with Crippen LogP contribution in [0.4, 0.5) is 0 Å². The van der Waals surface area contributed by atoms with E-state index in [2.05, 4.69) is 28.6 Å². The molecule has 1 aliphatic rings. The first-order chi connectivity index (χ1) is 8.31. The van der Waals surface area contributed by atoms with E-state index in [0.717, 1.165) is 31.6 Å². The van der Waals surface area contributed by atoms with Crippen LogP contribution in [0.25, 0.3) is 0 Å². The lowest BCUT2D eigenvalue weighted by Crippen LogP contribution is -2.32. The fraction of sp³-hybridized carbons (Fsp3) is 0.538. The van der Waals surface area contributed by atoms with Gasteiger partial charge in [0, 0.05) is 12.7 Å². The number of nitrogens with zero attached hydrogens (tertiary/aromatic N) is 1. The summed E-state index contributed by atoms with van der Waals surface area (Å²) in [4.78, 5) is 16.2. The van der Waals surface area contributed by atoms with E-state index in [0.29, 0.717) is 6.54 Å². The van der Waals surface area contributed by atoms with E-state index in [-0.39, 0.29) is 11.8 Å². The number of hydrogen-bond acceptors (Lipinski definition) is 3. The lowest BCUT2D eigenvalue weighted by molar-refractivity contribution is -0.124. The molecule has 1 atom stereocenters. The predicted octanol–water partition coefficient (Wildman–Crippen LogP) is 0.870. The molecule has 1 amide bonds. The van der Waals surface area contributed by atoms with E-state index in [1.54, 1.807) is 6.20 Å². The Morgan fingerprint density at radius 2 is 2.53 bits per heavy atom. The molecular weight excluding hydrogens is 214 g/mol. The molecule has 92 valence electrons. The molecule has 1 fully saturated rings. The Hall–Kier alpha value is -1.42. The summed E-state index contributed by atoms with van der Waals surface area (Å²) in [6.07, 6.45) is 3.66. The van der Waals surface area contributed by atoms with Crippen molar-refractivity contribution in [2.24, 2.45) is 5.92 Å². The molecule has 4 nitrogen and oxygen atoms in total. The van der Waals surface area contributed by atoms with Crippen molar-refractivity contribution in [1.29, 1.82) is 0 Å². The number of amides is 1. The van der Waals surface area contributed by atoms with Crippen LogP contribution in [-0.2, 0) is 17.8 Å². The highest BCUT2D eigenvalue weighted by Gasteiger charge is 2.22. The zero-order valence-corrected chi connectivity index (χ0v) is 10.2. The molecule has 2 heterocycles. The number of hydrogen-bond donors (Lipinski definition) is 2. The third kappa shape index (κ3) is 3.03. The lowest BCUT2D eigenvalue weighted by Gasteiger charge is -2.11. The maximum atomic E-state index is 11.8. The van der Waals surface area contributed by atoms with Gasteiger partial charge in [-0.2, -0.15) is 0 Å². The van der Waals surface area contributed by atoms with Gasteiger partial charge in [-0.15, -0.1) is 0 Å². The van der Waals surface area contributed by atoms with Gasteiger partial charge in [-0.1, -0.05) is 13.0 Å². The van der Waals surface area contributed by atoms with Crippen molar-refractivity contribution >= 4 is 5.91 Å². The second-order valence-electron chi connectivity index (χ2n) is 4.37. The maximum Gasteiger partial charge on any atom is 0.224 e. The summed E-state index contributed by atoms with van der Waals surface area (Å²) in [5, 5.41) is 6.17. The Kier molecular flexibility index (Phi) is 4.09. The van der Waals surface area contributed by atoms with Crippen LogP contribution in [0.3, 0.4) is 0 Å². The van der Waals surface area contributed by atoms with Gasteiger partial charge in [0.15, 0.2) is 0 Å². The van der Waals surface area contributed by atoms with Gasteiger partial charge in [0.05, 0.1) is 18.2 Å². The zero-order chi connectivity index (χ0) is 12.1. The summed E-state index contributed by atoms with van der Waals surface area (Å²) in [6, 6.07) is 4.00. The zero-order valence-electron chi connectivity index (χ0n) is 10.2. The average molecular weight is 233 g/mol. The first-order valence-electron chi connectivity index (χ1n) is 6.22. The normalized spacial score (nSPS) is 19.2. The van der Waals surface area contributed by atoms with Crippen molar-refractivity contribution in [2.75, 3.05) is 13.1 Å². The van der Waals surface area contributed by atoms with Crippen LogP contribution >= 0.6 is 0 Å². The molecule has 0 radical (unpaired) electrons. The molecule has 2 rings (SSSR count). The number of nitrogens with one attached hydrogen (secondary N) is 2. The highest BCUT2D eigenvalue weighted by Crippen LogP contribution is 2.09. The summed E-state index contributed by atoms with van der Waals surface area (Å²) in [6.45, 7) is 4.39. The van der Waals surface area contributed by atoms with Gasteiger partial charge in [0.1, 0.15) is 0 Å². The van der Waals surface area contributed by atoms with E-state index in [1.807, 2.05) is 6.07 Å². The second-order valence-corrected chi connectivity index (χ2v) is 4.37. The van der Waals surface area contributed by atoms with E-state index in [1.165, 1.54) is 5.56 Å². The van der Waals surface area contributed by atoms with Gasteiger partial charge in [-0.25, -0.2) is 0 Å². The quantitative estimate of drug-likeness (QED) is 0.811. The summed E-state index contributed by atoms with van der Waals surface area (Å²) in [5.74, 6) is 0.270. The van der Waals surface area contributed by atoms with Crippen molar-refractivity contribution in [1.82, 2.24) is 15.6 Å². The fourth-order valence-corrected chi connectivity index (χ4v) is 2.15. The van der Waals surface area contributed by atoms with Crippen molar-refractivity contribution in [3.8, 4) is 0 Å². The van der Waals surface area contributed by atoms with Gasteiger partial charge < -0.3 is 10.6 Å². The summed E-state index contributed by atoms with van der Waals surface area (Å²) < 4.78 is 0. The van der Waals surface area contributed by atoms with E-state index < -0.39 is 0 Å². The molecule has 17 heavy (non-hydrogen) atoms. The van der Waals surface area contributed by atoms with Crippen LogP contribution in [-0.4, -0.2) is 24.0 Å². The van der Waals surface area contributed by atoms with Crippen molar-refractivity contribution in [3.63, 3.8) is 0 Å². The SMILES string of the molecule is CCc1cccnc1CNC(=O)C1CCNC1. The first-order valence-corrected chi connectivity index (χ1v) is 6.22. The maximum absolute atomic E-state index is 11.8. The van der Waals surface area contributed by atoms with Gasteiger partial charge in [0.2, 0.25) is 5.91 Å². The molecule has 1 aromatic rings. The summed E-state index contributed by atoms with van der Waals surface area (Å²) >= 11 is 0. The molecular formula is C13H19N3O. The standard InChI is InChI=1S/C13H19N3O/c1-2-10-4-3-6-15-12(10)9-16-13(17)11-5-7-14-8-11/h3-4,6,11,14H,2,5,7-9H2,1H3,(H,16,17). The summed E-state index contributed by atoms with van der Waals surface area (Å²) in [5.41, 5.74) is 2.19. The number of rotatable bonds is 4. The van der Waals surface area contributed by atoms with Gasteiger partial charge in [-0.3, -0.25) is 9.78 Å². The topological polar surface area (TPSA) is 54.0 Å². The molecule has 0 aromatic carbocycles. The minimum atomic E-state index is 0.129. The Bertz CT molecular complexity index is 386. The van der Waals surface area contributed by atoms with Crippen LogP contribution in [0.2, 0.25) is 0 Å². The molecule has 0 bridgehead atoms. The van der Waals surface area contributed by atoms with Crippen LogP contribution in [0, 0.1) is 5.92 Å². The van der Waals surface area contributed by atoms with E-state index in [4.69, 9.17) is 0 Å². The minimum absolute atomic E-state index is 0.129. The molecule has 1 aliphatic heterocycles. The number of aryl methyl sites for hydroxylation is 1. The fourth-order valence-electron chi connectivity index (χ4n) is 2.15. The molecule has 0 saturated carbocycles. The molecule has 0 aliphatic carbocycles. The van der Waals surface area contributed by atoms with Crippen molar-refractivity contribution in [2.45, 2.75) is 26.3 Å². The van der Waals surface area contributed by atoms with Gasteiger partial charge >= 0.3 is 0 Å². The third-order valence-corrected chi connectivity index (χ3v) is 3.23. The number of pyridine rings is 1. The minimum Gasteiger partial charge on any atom is -0.350 e. The Balaban J connectivity index is 1.90. The van der Waals surface area contributed by atoms with E-state index in [9.17, 15) is 4.79 Å². The van der Waals surface area contributed by atoms with Crippen LogP contribution in [0.1, 0.15) is 24.6 Å².